The third kappa shape index (κ3) is 4.13. The van der Waals surface area contributed by atoms with Gasteiger partial charge < -0.3 is 25.0 Å². The number of rotatable bonds is 4. The molecule has 8 heteroatoms. The van der Waals surface area contributed by atoms with E-state index in [1.54, 1.807) is 18.0 Å². The third-order valence-electron chi connectivity index (χ3n) is 6.73. The Morgan fingerprint density at radius 1 is 1.24 bits per heavy atom. The van der Waals surface area contributed by atoms with Gasteiger partial charge in [-0.1, -0.05) is 6.07 Å². The first-order valence-corrected chi connectivity index (χ1v) is 11.7. The van der Waals surface area contributed by atoms with Gasteiger partial charge in [0.2, 0.25) is 0 Å². The van der Waals surface area contributed by atoms with Crippen molar-refractivity contribution in [2.75, 3.05) is 26.3 Å². The fourth-order valence-corrected chi connectivity index (χ4v) is 4.95. The van der Waals surface area contributed by atoms with E-state index in [9.17, 15) is 14.7 Å². The Bertz CT molecular complexity index is 1270. The third-order valence-corrected chi connectivity index (χ3v) is 6.73. The smallest absolute Gasteiger partial charge is 0.254 e. The van der Waals surface area contributed by atoms with Gasteiger partial charge in [0.25, 0.3) is 5.91 Å². The maximum absolute atomic E-state index is 12.8. The number of morpholine rings is 1. The Labute approximate surface area is 198 Å². The second-order valence-electron chi connectivity index (χ2n) is 9.70. The van der Waals surface area contributed by atoms with E-state index in [2.05, 4.69) is 27.4 Å². The monoisotopic (exact) mass is 462 g/mol. The van der Waals surface area contributed by atoms with Gasteiger partial charge in [-0.15, -0.1) is 0 Å². The van der Waals surface area contributed by atoms with Crippen LogP contribution >= 0.6 is 0 Å². The second-order valence-corrected chi connectivity index (χ2v) is 9.70. The number of nitrogens with one attached hydrogen (secondary N) is 2. The highest BCUT2D eigenvalue weighted by Crippen LogP contribution is 2.35. The molecule has 0 spiro atoms. The maximum Gasteiger partial charge on any atom is 0.254 e. The molecule has 5 rings (SSSR count). The lowest BCUT2D eigenvalue weighted by Gasteiger charge is -2.36. The first-order chi connectivity index (χ1) is 16.2. The number of benzene rings is 1. The van der Waals surface area contributed by atoms with Crippen LogP contribution in [0.4, 0.5) is 0 Å². The minimum absolute atomic E-state index is 0.00329. The fourth-order valence-electron chi connectivity index (χ4n) is 4.95. The van der Waals surface area contributed by atoms with E-state index < -0.39 is 5.60 Å². The van der Waals surface area contributed by atoms with Gasteiger partial charge in [-0.3, -0.25) is 9.59 Å². The number of H-pyrrole nitrogens is 1. The summed E-state index contributed by atoms with van der Waals surface area (Å²) in [5.74, 6) is -0.267. The summed E-state index contributed by atoms with van der Waals surface area (Å²) in [5.41, 5.74) is 5.26. The van der Waals surface area contributed by atoms with Crippen LogP contribution in [0.5, 0.6) is 0 Å². The molecule has 0 aliphatic carbocycles. The number of fused-ring (bicyclic) bond motifs is 2. The van der Waals surface area contributed by atoms with Crippen LogP contribution in [0.25, 0.3) is 22.2 Å². The molecule has 3 aromatic rings. The van der Waals surface area contributed by atoms with Gasteiger partial charge in [0, 0.05) is 48.5 Å². The number of ketones is 1. The van der Waals surface area contributed by atoms with E-state index in [0.717, 1.165) is 34.2 Å². The van der Waals surface area contributed by atoms with E-state index in [1.165, 1.54) is 19.4 Å². The number of aromatic amines is 1. The molecule has 0 unspecified atom stereocenters. The number of carbonyl (C=O) groups excluding carboxylic acids is 2. The summed E-state index contributed by atoms with van der Waals surface area (Å²) in [5, 5.41) is 14.6. The molecule has 2 aromatic heterocycles. The van der Waals surface area contributed by atoms with Crippen molar-refractivity contribution in [2.24, 2.45) is 0 Å². The molecule has 4 heterocycles. The van der Waals surface area contributed by atoms with E-state index in [-0.39, 0.29) is 17.7 Å². The van der Waals surface area contributed by atoms with E-state index in [4.69, 9.17) is 4.74 Å². The molecule has 1 fully saturated rings. The molecule has 1 amide bonds. The number of amides is 1. The Hall–Kier alpha value is -3.07. The minimum atomic E-state index is -1.41. The van der Waals surface area contributed by atoms with E-state index in [1.807, 2.05) is 12.3 Å². The number of pyridine rings is 1. The number of nitrogens with zero attached hydrogens (tertiary/aromatic N) is 2. The summed E-state index contributed by atoms with van der Waals surface area (Å²) in [6.07, 6.45) is 4.23. The second kappa shape index (κ2) is 8.61. The number of aliphatic hydroxyl groups is 1. The molecule has 178 valence electrons. The summed E-state index contributed by atoms with van der Waals surface area (Å²) < 4.78 is 5.75. The van der Waals surface area contributed by atoms with E-state index >= 15 is 0 Å². The molecule has 0 bridgehead atoms. The van der Waals surface area contributed by atoms with Crippen LogP contribution in [0.1, 0.15) is 53.9 Å². The predicted molar refractivity (Wildman–Crippen MR) is 129 cm³/mol. The number of carbonyl (C=O) groups is 2. The van der Waals surface area contributed by atoms with Crippen LogP contribution < -0.4 is 5.32 Å². The predicted octanol–water partition coefficient (Wildman–Crippen LogP) is 2.75. The van der Waals surface area contributed by atoms with Crippen molar-refractivity contribution in [3.05, 3.63) is 52.8 Å². The summed E-state index contributed by atoms with van der Waals surface area (Å²) in [7, 11) is 0. The molecule has 8 nitrogen and oxygen atoms in total. The number of hydrogen-bond donors (Lipinski definition) is 3. The zero-order valence-electron chi connectivity index (χ0n) is 19.8. The normalized spacial score (nSPS) is 18.7. The molecule has 0 saturated carbocycles. The van der Waals surface area contributed by atoms with Crippen LogP contribution in [-0.4, -0.2) is 63.6 Å². The number of aromatic nitrogens is 2. The zero-order valence-corrected chi connectivity index (χ0v) is 19.8. The summed E-state index contributed by atoms with van der Waals surface area (Å²) in [6, 6.07) is 6.33. The van der Waals surface area contributed by atoms with Crippen molar-refractivity contribution in [1.82, 2.24) is 20.2 Å². The topological polar surface area (TPSA) is 108 Å². The van der Waals surface area contributed by atoms with Crippen molar-refractivity contribution in [3.8, 4) is 11.1 Å². The number of Topliss-reactive ketones (excluding diaryl/α,β-unsaturated/α-hetero) is 1. The molecule has 34 heavy (non-hydrogen) atoms. The molecular weight excluding hydrogens is 432 g/mol. The Balaban J connectivity index is 1.59. The van der Waals surface area contributed by atoms with E-state index in [0.29, 0.717) is 43.9 Å². The van der Waals surface area contributed by atoms with Gasteiger partial charge in [-0.25, -0.2) is 4.98 Å². The summed E-state index contributed by atoms with van der Waals surface area (Å²) in [4.78, 5) is 34.2. The van der Waals surface area contributed by atoms with Gasteiger partial charge >= 0.3 is 0 Å². The average Bonchev–Trinajstić information content (AvgIpc) is 3.26. The highest BCUT2D eigenvalue weighted by atomic mass is 16.5. The molecule has 3 N–H and O–H groups in total. The van der Waals surface area contributed by atoms with Crippen molar-refractivity contribution in [2.45, 2.75) is 45.4 Å². The maximum atomic E-state index is 12.8. The molecule has 1 saturated heterocycles. The van der Waals surface area contributed by atoms with Gasteiger partial charge in [0.05, 0.1) is 19.3 Å². The molecular formula is C26H30N4O4. The first-order valence-electron chi connectivity index (χ1n) is 11.7. The average molecular weight is 463 g/mol. The number of ether oxygens (including phenoxy) is 1. The zero-order chi connectivity index (χ0) is 24.0. The largest absolute Gasteiger partial charge is 0.381 e. The van der Waals surface area contributed by atoms with Crippen molar-refractivity contribution in [1.29, 1.82) is 0 Å². The first kappa shape index (κ1) is 22.7. The highest BCUT2D eigenvalue weighted by molar-refractivity contribution is 6.06. The number of hydrogen-bond acceptors (Lipinski definition) is 6. The molecule has 0 radical (unpaired) electrons. The molecule has 1 aromatic carbocycles. The molecule has 2 aliphatic heterocycles. The quantitative estimate of drug-likeness (QED) is 0.515. The van der Waals surface area contributed by atoms with Crippen molar-refractivity contribution < 1.29 is 19.4 Å². The lowest BCUT2D eigenvalue weighted by Crippen LogP contribution is -2.47. The van der Waals surface area contributed by atoms with Crippen LogP contribution in [0.2, 0.25) is 0 Å². The van der Waals surface area contributed by atoms with Gasteiger partial charge in [-0.05, 0) is 61.6 Å². The van der Waals surface area contributed by atoms with Gasteiger partial charge in [0.15, 0.2) is 5.78 Å². The van der Waals surface area contributed by atoms with Crippen LogP contribution in [0, 0.1) is 0 Å². The standard InChI is InChI=1S/C26H30N4O4/c1-15(31)21-12-29-24-20(21)10-18(11-28-24)17-8-16-4-6-30(25(32)26(2,3)33)13-22(16)19(9-17)23-14-34-7-5-27-23/h8-12,23,27,33H,4-7,13-14H2,1-3H3,(H,28,29)/t23-/m0/s1. The van der Waals surface area contributed by atoms with Crippen LogP contribution in [0.3, 0.4) is 0 Å². The Kier molecular flexibility index (Phi) is 5.75. The minimum Gasteiger partial charge on any atom is -0.381 e. The van der Waals surface area contributed by atoms with Gasteiger partial charge in [0.1, 0.15) is 11.2 Å². The summed E-state index contributed by atoms with van der Waals surface area (Å²) >= 11 is 0. The molecule has 1 atom stereocenters. The van der Waals surface area contributed by atoms with Crippen molar-refractivity contribution in [3.63, 3.8) is 0 Å². The fraction of sp³-hybridized carbons (Fsp3) is 0.423. The summed E-state index contributed by atoms with van der Waals surface area (Å²) in [6.45, 7) is 7.61. The van der Waals surface area contributed by atoms with Crippen LogP contribution in [-0.2, 0) is 22.5 Å². The lowest BCUT2D eigenvalue weighted by molar-refractivity contribution is -0.148. The van der Waals surface area contributed by atoms with Gasteiger partial charge in [-0.2, -0.15) is 0 Å². The lowest BCUT2D eigenvalue weighted by atomic mass is 9.87. The SMILES string of the molecule is CC(=O)c1c[nH]c2ncc(-c3cc4c(c([C@@H]5COCCN5)c3)CN(C(=O)C(C)(C)O)CC4)cc12. The Morgan fingerprint density at radius 3 is 2.76 bits per heavy atom. The Morgan fingerprint density at radius 2 is 2.06 bits per heavy atom. The molecule has 2 aliphatic rings. The highest BCUT2D eigenvalue weighted by Gasteiger charge is 2.33. The van der Waals surface area contributed by atoms with Crippen LogP contribution in [0.15, 0.2) is 30.6 Å². The van der Waals surface area contributed by atoms with Crippen molar-refractivity contribution >= 4 is 22.7 Å².